The molecule has 1 aromatic heterocycles. The summed E-state index contributed by atoms with van der Waals surface area (Å²) in [4.78, 5) is 26.5. The Balaban J connectivity index is 1.64. The minimum absolute atomic E-state index is 0.0974. The summed E-state index contributed by atoms with van der Waals surface area (Å²) in [6.45, 7) is 4.86. The van der Waals surface area contributed by atoms with Crippen LogP contribution >= 0.6 is 11.8 Å². The van der Waals surface area contributed by atoms with Crippen molar-refractivity contribution < 1.29 is 9.53 Å². The van der Waals surface area contributed by atoms with E-state index in [4.69, 9.17) is 4.74 Å². The van der Waals surface area contributed by atoms with Crippen molar-refractivity contribution in [2.45, 2.75) is 9.92 Å². The Morgan fingerprint density at radius 2 is 1.92 bits per heavy atom. The molecule has 0 atom stereocenters. The van der Waals surface area contributed by atoms with Gasteiger partial charge in [0.1, 0.15) is 5.03 Å². The average molecular weight is 358 g/mol. The van der Waals surface area contributed by atoms with Gasteiger partial charge in [0, 0.05) is 50.5 Å². The molecule has 7 heteroatoms. The molecular formula is C18H22N4O2S. The number of nitrogens with zero attached hydrogens (tertiary/aromatic N) is 4. The Kier molecular flexibility index (Phi) is 6.38. The average Bonchev–Trinajstić information content (AvgIpc) is 2.67. The molecular weight excluding hydrogens is 336 g/mol. The number of ether oxygens (including phenoxy) is 1. The number of carbonyl (C=O) groups is 1. The maximum Gasteiger partial charge on any atom is 0.275 e. The van der Waals surface area contributed by atoms with Gasteiger partial charge in [-0.3, -0.25) is 9.69 Å². The second-order valence-corrected chi connectivity index (χ2v) is 6.87. The molecule has 1 saturated heterocycles. The number of hydrogen-bond acceptors (Lipinski definition) is 6. The monoisotopic (exact) mass is 358 g/mol. The molecule has 3 rings (SSSR count). The van der Waals surface area contributed by atoms with E-state index < -0.39 is 0 Å². The van der Waals surface area contributed by atoms with Crippen LogP contribution in [0.2, 0.25) is 0 Å². The zero-order chi connectivity index (χ0) is 17.5. The molecule has 0 N–H and O–H groups in total. The van der Waals surface area contributed by atoms with Crippen LogP contribution in [-0.2, 0) is 4.74 Å². The van der Waals surface area contributed by atoms with E-state index in [-0.39, 0.29) is 5.91 Å². The van der Waals surface area contributed by atoms with E-state index in [1.54, 1.807) is 17.3 Å². The zero-order valence-corrected chi connectivity index (χ0v) is 15.1. The Labute approximate surface area is 152 Å². The summed E-state index contributed by atoms with van der Waals surface area (Å²) < 4.78 is 5.35. The van der Waals surface area contributed by atoms with Crippen LogP contribution in [0.1, 0.15) is 10.5 Å². The molecule has 2 heterocycles. The molecule has 1 fully saturated rings. The van der Waals surface area contributed by atoms with Crippen LogP contribution < -0.4 is 0 Å². The minimum atomic E-state index is -0.0974. The summed E-state index contributed by atoms with van der Waals surface area (Å²) in [5.41, 5.74) is 0.404. The quantitative estimate of drug-likeness (QED) is 0.788. The molecule has 132 valence electrons. The number of benzene rings is 1. The van der Waals surface area contributed by atoms with Gasteiger partial charge in [0.2, 0.25) is 0 Å². The first kappa shape index (κ1) is 17.8. The summed E-state index contributed by atoms with van der Waals surface area (Å²) >= 11 is 1.46. The van der Waals surface area contributed by atoms with Crippen molar-refractivity contribution in [1.29, 1.82) is 0 Å². The van der Waals surface area contributed by atoms with Gasteiger partial charge in [-0.2, -0.15) is 0 Å². The van der Waals surface area contributed by atoms with Gasteiger partial charge in [-0.05, 0) is 12.1 Å². The van der Waals surface area contributed by atoms with E-state index in [1.165, 1.54) is 11.8 Å². The van der Waals surface area contributed by atoms with Gasteiger partial charge in [-0.25, -0.2) is 9.97 Å². The number of morpholine rings is 1. The van der Waals surface area contributed by atoms with Crippen molar-refractivity contribution in [2.24, 2.45) is 0 Å². The van der Waals surface area contributed by atoms with Crippen molar-refractivity contribution in [3.05, 3.63) is 48.4 Å². The number of carbonyl (C=O) groups excluding carboxylic acids is 1. The predicted molar refractivity (Wildman–Crippen MR) is 96.8 cm³/mol. The highest BCUT2D eigenvalue weighted by Gasteiger charge is 2.20. The third-order valence-electron chi connectivity index (χ3n) is 4.03. The maximum atomic E-state index is 12.8. The normalized spacial score (nSPS) is 15.1. The molecule has 2 aromatic rings. The predicted octanol–water partition coefficient (Wildman–Crippen LogP) is 2.03. The number of amides is 1. The van der Waals surface area contributed by atoms with Crippen LogP contribution in [0.5, 0.6) is 0 Å². The third-order valence-corrected chi connectivity index (χ3v) is 5.03. The van der Waals surface area contributed by atoms with Crippen LogP contribution in [0, 0.1) is 0 Å². The van der Waals surface area contributed by atoms with E-state index in [2.05, 4.69) is 14.9 Å². The van der Waals surface area contributed by atoms with E-state index in [1.807, 2.05) is 37.4 Å². The molecule has 0 bridgehead atoms. The molecule has 0 saturated carbocycles. The molecule has 1 aromatic carbocycles. The van der Waals surface area contributed by atoms with Crippen LogP contribution in [0.15, 0.2) is 52.6 Å². The number of aromatic nitrogens is 2. The Bertz CT molecular complexity index is 692. The van der Waals surface area contributed by atoms with Crippen molar-refractivity contribution >= 4 is 17.7 Å². The van der Waals surface area contributed by atoms with Gasteiger partial charge < -0.3 is 9.64 Å². The van der Waals surface area contributed by atoms with Gasteiger partial charge in [-0.1, -0.05) is 30.0 Å². The van der Waals surface area contributed by atoms with Gasteiger partial charge in [0.05, 0.1) is 13.2 Å². The third kappa shape index (κ3) is 5.01. The molecule has 0 radical (unpaired) electrons. The van der Waals surface area contributed by atoms with E-state index in [0.717, 1.165) is 37.7 Å². The van der Waals surface area contributed by atoms with Crippen molar-refractivity contribution in [3.8, 4) is 0 Å². The second-order valence-electron chi connectivity index (χ2n) is 5.81. The van der Waals surface area contributed by atoms with Crippen LogP contribution in [0.4, 0.5) is 0 Å². The number of likely N-dealkylation sites (N-methyl/N-ethyl adjacent to an activating group) is 1. The summed E-state index contributed by atoms with van der Waals surface area (Å²) in [6.07, 6.45) is 3.19. The molecule has 1 aliphatic heterocycles. The Morgan fingerprint density at radius 3 is 2.68 bits per heavy atom. The number of rotatable bonds is 6. The van der Waals surface area contributed by atoms with Gasteiger partial charge in [-0.15, -0.1) is 0 Å². The first-order valence-electron chi connectivity index (χ1n) is 8.33. The van der Waals surface area contributed by atoms with E-state index >= 15 is 0 Å². The zero-order valence-electron chi connectivity index (χ0n) is 14.3. The summed E-state index contributed by atoms with van der Waals surface area (Å²) in [5, 5.41) is 0.636. The van der Waals surface area contributed by atoms with Crippen LogP contribution in [0.25, 0.3) is 0 Å². The van der Waals surface area contributed by atoms with Crippen molar-refractivity contribution in [1.82, 2.24) is 19.8 Å². The van der Waals surface area contributed by atoms with Crippen LogP contribution in [0.3, 0.4) is 0 Å². The fraction of sp³-hybridized carbons (Fsp3) is 0.389. The Morgan fingerprint density at radius 1 is 1.20 bits per heavy atom. The smallest absolute Gasteiger partial charge is 0.275 e. The fourth-order valence-electron chi connectivity index (χ4n) is 2.55. The molecule has 0 aliphatic carbocycles. The molecule has 25 heavy (non-hydrogen) atoms. The lowest BCUT2D eigenvalue weighted by Crippen LogP contribution is -2.42. The highest BCUT2D eigenvalue weighted by molar-refractivity contribution is 7.99. The van der Waals surface area contributed by atoms with Gasteiger partial charge >= 0.3 is 0 Å². The molecule has 0 spiro atoms. The molecule has 0 unspecified atom stereocenters. The molecule has 1 aliphatic rings. The summed E-state index contributed by atoms with van der Waals surface area (Å²) in [6, 6.07) is 9.89. The highest BCUT2D eigenvalue weighted by atomic mass is 32.2. The van der Waals surface area contributed by atoms with Gasteiger partial charge in [0.15, 0.2) is 5.69 Å². The highest BCUT2D eigenvalue weighted by Crippen LogP contribution is 2.27. The van der Waals surface area contributed by atoms with Gasteiger partial charge in [0.25, 0.3) is 5.91 Å². The van der Waals surface area contributed by atoms with E-state index in [9.17, 15) is 4.79 Å². The summed E-state index contributed by atoms with van der Waals surface area (Å²) in [7, 11) is 1.81. The van der Waals surface area contributed by atoms with Crippen molar-refractivity contribution in [2.75, 3.05) is 46.4 Å². The van der Waals surface area contributed by atoms with Crippen molar-refractivity contribution in [3.63, 3.8) is 0 Å². The maximum absolute atomic E-state index is 12.8. The number of hydrogen-bond donors (Lipinski definition) is 0. The minimum Gasteiger partial charge on any atom is -0.379 e. The lowest BCUT2D eigenvalue weighted by Gasteiger charge is -2.28. The topological polar surface area (TPSA) is 58.6 Å². The van der Waals surface area contributed by atoms with E-state index in [0.29, 0.717) is 17.3 Å². The Hall–Kier alpha value is -1.96. The first-order chi connectivity index (χ1) is 12.2. The summed E-state index contributed by atoms with van der Waals surface area (Å²) in [5.74, 6) is -0.0974. The fourth-order valence-corrected chi connectivity index (χ4v) is 3.41. The molecule has 1 amide bonds. The lowest BCUT2D eigenvalue weighted by molar-refractivity contribution is 0.0337. The largest absolute Gasteiger partial charge is 0.379 e. The second kappa shape index (κ2) is 8.94. The molecule has 6 nitrogen and oxygen atoms in total. The standard InChI is InChI=1S/C18H22N4O2S/c1-21(9-10-22-11-13-24-14-12-22)18(23)16-17(20-8-7-19-16)25-15-5-3-2-4-6-15/h2-8H,9-14H2,1H3. The lowest BCUT2D eigenvalue weighted by atomic mass is 10.3. The van der Waals surface area contributed by atoms with Crippen LogP contribution in [-0.4, -0.2) is 72.1 Å². The first-order valence-corrected chi connectivity index (χ1v) is 9.15. The SMILES string of the molecule is CN(CCN1CCOCC1)C(=O)c1nccnc1Sc1ccccc1.